The minimum Gasteiger partial charge on any atom is -0.508 e. The van der Waals surface area contributed by atoms with E-state index in [1.54, 1.807) is 12.1 Å². The third-order valence-corrected chi connectivity index (χ3v) is 4.32. The molecule has 2 aliphatic rings. The van der Waals surface area contributed by atoms with Gasteiger partial charge in [0.15, 0.2) is 0 Å². The molecule has 2 atom stereocenters. The molecule has 4 N–H and O–H groups in total. The van der Waals surface area contributed by atoms with Gasteiger partial charge >= 0.3 is 0 Å². The van der Waals surface area contributed by atoms with Crippen molar-refractivity contribution in [2.24, 2.45) is 0 Å². The van der Waals surface area contributed by atoms with Crippen LogP contribution in [0.4, 0.5) is 5.69 Å². The molecule has 98 valence electrons. The Bertz CT molecular complexity index is 435. The summed E-state index contributed by atoms with van der Waals surface area (Å²) in [6, 6.07) is 6.14. The van der Waals surface area contributed by atoms with Gasteiger partial charge in [-0.15, -0.1) is 0 Å². The van der Waals surface area contributed by atoms with Crippen LogP contribution in [-0.4, -0.2) is 33.3 Å². The Morgan fingerprint density at radius 3 is 2.56 bits per heavy atom. The van der Waals surface area contributed by atoms with Gasteiger partial charge in [0.25, 0.3) is 0 Å². The second-order valence-electron chi connectivity index (χ2n) is 5.57. The summed E-state index contributed by atoms with van der Waals surface area (Å²) in [6.45, 7) is 0.735. The van der Waals surface area contributed by atoms with Gasteiger partial charge in [-0.2, -0.15) is 0 Å². The highest BCUT2D eigenvalue weighted by Crippen LogP contribution is 2.37. The monoisotopic (exact) mass is 248 g/mol. The predicted octanol–water partition coefficient (Wildman–Crippen LogP) is 1.46. The third-order valence-electron chi connectivity index (χ3n) is 4.32. The van der Waals surface area contributed by atoms with Gasteiger partial charge in [-0.05, 0) is 43.9 Å². The third kappa shape index (κ3) is 2.06. The van der Waals surface area contributed by atoms with Crippen LogP contribution < -0.4 is 5.73 Å². The first kappa shape index (κ1) is 11.8. The average Bonchev–Trinajstić information content (AvgIpc) is 2.57. The van der Waals surface area contributed by atoms with Crippen LogP contribution in [0.5, 0.6) is 5.75 Å². The molecule has 0 radical (unpaired) electrons. The highest BCUT2D eigenvalue weighted by atomic mass is 16.3. The molecule has 2 fully saturated rings. The summed E-state index contributed by atoms with van der Waals surface area (Å²) >= 11 is 0. The molecule has 2 bridgehead atoms. The van der Waals surface area contributed by atoms with E-state index in [0.29, 0.717) is 23.5 Å². The van der Waals surface area contributed by atoms with Gasteiger partial charge in [0.05, 0.1) is 6.10 Å². The molecule has 0 saturated carbocycles. The molecular weight excluding hydrogens is 228 g/mol. The second kappa shape index (κ2) is 4.44. The number of benzene rings is 1. The fourth-order valence-electron chi connectivity index (χ4n) is 3.43. The molecule has 0 amide bonds. The van der Waals surface area contributed by atoms with E-state index in [-0.39, 0.29) is 6.10 Å². The minimum absolute atomic E-state index is 0.145. The lowest BCUT2D eigenvalue weighted by Gasteiger charge is -2.37. The van der Waals surface area contributed by atoms with Crippen LogP contribution in [0.15, 0.2) is 18.2 Å². The van der Waals surface area contributed by atoms with E-state index in [0.717, 1.165) is 37.8 Å². The first-order chi connectivity index (χ1) is 8.63. The fraction of sp³-hybridized carbons (Fsp3) is 0.571. The van der Waals surface area contributed by atoms with Gasteiger partial charge in [0.1, 0.15) is 5.75 Å². The van der Waals surface area contributed by atoms with Crippen molar-refractivity contribution in [1.82, 2.24) is 4.90 Å². The molecular formula is C14H20N2O2. The van der Waals surface area contributed by atoms with Crippen LogP contribution in [0.3, 0.4) is 0 Å². The summed E-state index contributed by atoms with van der Waals surface area (Å²) in [5.74, 6) is 0.315. The summed E-state index contributed by atoms with van der Waals surface area (Å²) in [7, 11) is 0. The zero-order chi connectivity index (χ0) is 12.7. The van der Waals surface area contributed by atoms with Crippen molar-refractivity contribution in [1.29, 1.82) is 0 Å². The maximum absolute atomic E-state index is 9.88. The Kier molecular flexibility index (Phi) is 2.92. The largest absolute Gasteiger partial charge is 0.508 e. The van der Waals surface area contributed by atoms with Crippen LogP contribution in [0.2, 0.25) is 0 Å². The summed E-state index contributed by atoms with van der Waals surface area (Å²) < 4.78 is 0. The number of fused-ring (bicyclic) bond motifs is 2. The molecule has 2 heterocycles. The molecule has 1 aromatic carbocycles. The Morgan fingerprint density at radius 1 is 1.22 bits per heavy atom. The molecule has 1 aromatic rings. The summed E-state index contributed by atoms with van der Waals surface area (Å²) in [6.07, 6.45) is 3.89. The van der Waals surface area contributed by atoms with Crippen LogP contribution in [0.1, 0.15) is 31.2 Å². The van der Waals surface area contributed by atoms with Gasteiger partial charge in [-0.1, -0.05) is 0 Å². The first-order valence-electron chi connectivity index (χ1n) is 6.64. The zero-order valence-corrected chi connectivity index (χ0v) is 10.4. The summed E-state index contributed by atoms with van der Waals surface area (Å²) in [5, 5.41) is 19.7. The Labute approximate surface area is 107 Å². The Morgan fingerprint density at radius 2 is 1.89 bits per heavy atom. The van der Waals surface area contributed by atoms with Crippen LogP contribution in [0, 0.1) is 0 Å². The number of phenolic OH excluding ortho intramolecular Hbond substituents is 1. The van der Waals surface area contributed by atoms with Gasteiger partial charge in [-0.3, -0.25) is 4.90 Å². The number of aliphatic hydroxyl groups excluding tert-OH is 1. The molecule has 2 aliphatic heterocycles. The molecule has 0 aliphatic carbocycles. The molecule has 4 heteroatoms. The Hall–Kier alpha value is -1.26. The topological polar surface area (TPSA) is 69.7 Å². The van der Waals surface area contributed by atoms with E-state index in [4.69, 9.17) is 5.73 Å². The number of piperidine rings is 1. The van der Waals surface area contributed by atoms with Crippen LogP contribution >= 0.6 is 0 Å². The number of rotatable bonds is 2. The van der Waals surface area contributed by atoms with E-state index in [1.807, 2.05) is 6.07 Å². The molecule has 2 saturated heterocycles. The molecule has 2 unspecified atom stereocenters. The van der Waals surface area contributed by atoms with Gasteiger partial charge in [0.2, 0.25) is 0 Å². The van der Waals surface area contributed by atoms with Crippen molar-refractivity contribution in [3.63, 3.8) is 0 Å². The van der Waals surface area contributed by atoms with Crippen molar-refractivity contribution < 1.29 is 10.2 Å². The number of nitrogens with zero attached hydrogens (tertiary/aromatic N) is 1. The predicted molar refractivity (Wildman–Crippen MR) is 70.1 cm³/mol. The van der Waals surface area contributed by atoms with E-state index < -0.39 is 0 Å². The number of anilines is 1. The lowest BCUT2D eigenvalue weighted by Crippen LogP contribution is -2.44. The average molecular weight is 248 g/mol. The number of hydrogen-bond acceptors (Lipinski definition) is 4. The highest BCUT2D eigenvalue weighted by Gasteiger charge is 2.40. The lowest BCUT2D eigenvalue weighted by molar-refractivity contribution is 0.0307. The molecule has 4 nitrogen and oxygen atoms in total. The van der Waals surface area contributed by atoms with Gasteiger partial charge < -0.3 is 15.9 Å². The number of nitrogen functional groups attached to an aromatic ring is 1. The number of aromatic hydroxyl groups is 1. The maximum Gasteiger partial charge on any atom is 0.120 e. The lowest BCUT2D eigenvalue weighted by atomic mass is 9.99. The summed E-state index contributed by atoms with van der Waals surface area (Å²) in [4.78, 5) is 2.42. The number of phenols is 1. The Balaban J connectivity index is 1.79. The van der Waals surface area contributed by atoms with Crippen LogP contribution in [0.25, 0.3) is 0 Å². The smallest absolute Gasteiger partial charge is 0.120 e. The summed E-state index contributed by atoms with van der Waals surface area (Å²) in [5.41, 5.74) is 7.35. The molecule has 0 aromatic heterocycles. The van der Waals surface area contributed by atoms with Crippen molar-refractivity contribution in [3.05, 3.63) is 23.8 Å². The molecule has 3 rings (SSSR count). The zero-order valence-electron chi connectivity index (χ0n) is 10.4. The number of nitrogens with two attached hydrogens (primary N) is 1. The van der Waals surface area contributed by atoms with Crippen molar-refractivity contribution in [2.45, 2.75) is 50.4 Å². The van der Waals surface area contributed by atoms with Gasteiger partial charge in [0, 0.05) is 29.9 Å². The maximum atomic E-state index is 9.88. The standard InChI is InChI=1S/C14H20N2O2/c15-10-1-4-14(18)9(5-10)8-16-11-2-3-12(16)7-13(17)6-11/h1,4-5,11-13,17-18H,2-3,6-8,15H2. The SMILES string of the molecule is Nc1ccc(O)c(CN2C3CCC2CC(O)C3)c1. The first-order valence-corrected chi connectivity index (χ1v) is 6.64. The van der Waals surface area contributed by atoms with Gasteiger partial charge in [-0.25, -0.2) is 0 Å². The van der Waals surface area contributed by atoms with Crippen molar-refractivity contribution >= 4 is 5.69 Å². The quantitative estimate of drug-likeness (QED) is 0.547. The number of hydrogen-bond donors (Lipinski definition) is 3. The van der Waals surface area contributed by atoms with Crippen molar-refractivity contribution in [3.8, 4) is 5.75 Å². The van der Waals surface area contributed by atoms with E-state index in [2.05, 4.69) is 4.90 Å². The molecule has 0 spiro atoms. The van der Waals surface area contributed by atoms with E-state index in [9.17, 15) is 10.2 Å². The van der Waals surface area contributed by atoms with Crippen molar-refractivity contribution in [2.75, 3.05) is 5.73 Å². The number of aliphatic hydroxyl groups is 1. The van der Waals surface area contributed by atoms with E-state index in [1.165, 1.54) is 0 Å². The fourth-order valence-corrected chi connectivity index (χ4v) is 3.43. The molecule has 18 heavy (non-hydrogen) atoms. The normalized spacial score (nSPS) is 31.7. The second-order valence-corrected chi connectivity index (χ2v) is 5.57. The van der Waals surface area contributed by atoms with E-state index >= 15 is 0 Å². The highest BCUT2D eigenvalue weighted by molar-refractivity contribution is 5.47. The van der Waals surface area contributed by atoms with Crippen LogP contribution in [-0.2, 0) is 6.54 Å². The minimum atomic E-state index is -0.145.